The second-order valence-electron chi connectivity index (χ2n) is 18.6. The molecule has 2 saturated heterocycles. The number of anilines is 2. The third-order valence-corrected chi connectivity index (χ3v) is 15.7. The van der Waals surface area contributed by atoms with Crippen LogP contribution in [-0.4, -0.2) is 129 Å². The highest BCUT2D eigenvalue weighted by Gasteiger charge is 2.80. The Balaban J connectivity index is 1.36. The number of fused-ring (bicyclic) bond motifs is 6. The molecular weight excluding hydrogens is 789 g/mol. The minimum atomic E-state index is -2.95. The summed E-state index contributed by atoms with van der Waals surface area (Å²) >= 11 is 0. The number of ether oxygens (including phenoxy) is 4. The van der Waals surface area contributed by atoms with E-state index in [-0.39, 0.29) is 31.3 Å². The van der Waals surface area contributed by atoms with Gasteiger partial charge < -0.3 is 44.6 Å². The SMILES string of the molecule is CC[C@]12C=CCN3CC[C@@]4(c5cc([C@@]6(C(=O)OC)C[C@@H]7C[C@@H](C(C)(F)F)CN(CCc8c6[nH]c6ccc(N)cc86)C7)c(OC)cc5N(C)[C@H]4[C@@](O)(C(=O)OC)[C@@H]1OC(C)=O)[C@@H]32. The van der Waals surface area contributed by atoms with Gasteiger partial charge in [0.25, 0.3) is 0 Å². The van der Waals surface area contributed by atoms with Gasteiger partial charge in [0.1, 0.15) is 11.2 Å². The molecule has 6 heterocycles. The number of nitrogen functional groups attached to an aromatic ring is 1. The van der Waals surface area contributed by atoms with Gasteiger partial charge in [-0.05, 0) is 86.9 Å². The van der Waals surface area contributed by atoms with Gasteiger partial charge in [-0.3, -0.25) is 14.5 Å². The number of carbonyl (C=O) groups excluding carboxylic acids is 3. The summed E-state index contributed by atoms with van der Waals surface area (Å²) in [4.78, 5) is 52.7. The molecule has 3 aromatic rings. The van der Waals surface area contributed by atoms with Gasteiger partial charge in [-0.25, -0.2) is 13.6 Å². The number of aromatic nitrogens is 1. The van der Waals surface area contributed by atoms with Gasteiger partial charge in [0.05, 0.1) is 27.4 Å². The van der Waals surface area contributed by atoms with Crippen LogP contribution in [0.25, 0.3) is 10.9 Å². The summed E-state index contributed by atoms with van der Waals surface area (Å²) in [6.45, 7) is 6.66. The number of H-pyrrole nitrogens is 1. The fraction of sp³-hybridized carbons (Fsp3) is 0.587. The molecule has 10 atom stereocenters. The van der Waals surface area contributed by atoms with Crippen molar-refractivity contribution in [2.45, 2.75) is 93.4 Å². The zero-order chi connectivity index (χ0) is 43.6. The van der Waals surface area contributed by atoms with Crippen LogP contribution in [0.2, 0.25) is 0 Å². The lowest BCUT2D eigenvalue weighted by molar-refractivity contribution is -0.228. The molecule has 4 N–H and O–H groups in total. The minimum Gasteiger partial charge on any atom is -0.496 e. The van der Waals surface area contributed by atoms with Crippen LogP contribution >= 0.6 is 0 Å². The molecule has 3 fully saturated rings. The lowest BCUT2D eigenvalue weighted by atomic mass is 9.47. The maximum Gasteiger partial charge on any atom is 0.344 e. The highest BCUT2D eigenvalue weighted by Crippen LogP contribution is 2.68. The van der Waals surface area contributed by atoms with Crippen LogP contribution in [0.3, 0.4) is 0 Å². The maximum absolute atomic E-state index is 15.4. The number of aliphatic hydroxyl groups is 1. The number of benzene rings is 2. The average Bonchev–Trinajstić information content (AvgIpc) is 3.89. The molecule has 13 nitrogen and oxygen atoms in total. The molecule has 328 valence electrons. The number of nitrogens with one attached hydrogen (secondary N) is 1. The largest absolute Gasteiger partial charge is 0.496 e. The van der Waals surface area contributed by atoms with E-state index in [1.807, 2.05) is 55.3 Å². The second-order valence-corrected chi connectivity index (χ2v) is 18.6. The van der Waals surface area contributed by atoms with Gasteiger partial charge in [-0.2, -0.15) is 0 Å². The van der Waals surface area contributed by atoms with Crippen molar-refractivity contribution in [3.8, 4) is 5.75 Å². The van der Waals surface area contributed by atoms with Crippen LogP contribution in [0.1, 0.15) is 68.8 Å². The van der Waals surface area contributed by atoms with E-state index in [4.69, 9.17) is 24.7 Å². The van der Waals surface area contributed by atoms with E-state index in [9.17, 15) is 14.7 Å². The fourth-order valence-corrected chi connectivity index (χ4v) is 13.5. The predicted molar refractivity (Wildman–Crippen MR) is 224 cm³/mol. The lowest BCUT2D eigenvalue weighted by Gasteiger charge is -2.63. The Hall–Kier alpha value is -4.73. The second kappa shape index (κ2) is 14.1. The number of nitrogens with two attached hydrogens (primary N) is 1. The number of alkyl halides is 2. The van der Waals surface area contributed by atoms with Crippen molar-refractivity contribution in [2.75, 3.05) is 71.7 Å². The molecule has 1 unspecified atom stereocenters. The van der Waals surface area contributed by atoms with Crippen molar-refractivity contribution in [3.63, 3.8) is 0 Å². The van der Waals surface area contributed by atoms with E-state index >= 15 is 13.6 Å². The van der Waals surface area contributed by atoms with Gasteiger partial charge in [0.15, 0.2) is 6.10 Å². The van der Waals surface area contributed by atoms with Crippen molar-refractivity contribution in [2.24, 2.45) is 17.3 Å². The topological polar surface area (TPSA) is 160 Å². The van der Waals surface area contributed by atoms with Crippen molar-refractivity contribution in [1.29, 1.82) is 0 Å². The van der Waals surface area contributed by atoms with Crippen molar-refractivity contribution >= 4 is 40.2 Å². The predicted octanol–water partition coefficient (Wildman–Crippen LogP) is 4.70. The molecule has 2 aromatic carbocycles. The van der Waals surface area contributed by atoms with E-state index in [0.717, 1.165) is 29.0 Å². The Kier molecular flexibility index (Phi) is 9.65. The average molecular weight is 846 g/mol. The molecule has 9 rings (SSSR count). The Morgan fingerprint density at radius 1 is 1.03 bits per heavy atom. The highest BCUT2D eigenvalue weighted by molar-refractivity contribution is 5.95. The fourth-order valence-electron chi connectivity index (χ4n) is 13.5. The first kappa shape index (κ1) is 41.6. The van der Waals surface area contributed by atoms with Gasteiger partial charge in [0.2, 0.25) is 11.5 Å². The summed E-state index contributed by atoms with van der Waals surface area (Å²) < 4.78 is 54.5. The Morgan fingerprint density at radius 3 is 2.46 bits per heavy atom. The van der Waals surface area contributed by atoms with Crippen LogP contribution in [0.4, 0.5) is 20.2 Å². The molecule has 5 aliphatic heterocycles. The molecule has 0 amide bonds. The summed E-state index contributed by atoms with van der Waals surface area (Å²) in [6.07, 6.45) is 4.38. The van der Waals surface area contributed by atoms with Gasteiger partial charge in [-0.15, -0.1) is 0 Å². The normalized spacial score (nSPS) is 35.2. The smallest absolute Gasteiger partial charge is 0.344 e. The number of rotatable bonds is 7. The number of likely N-dealkylation sites (N-methyl/N-ethyl adjacent to an activating group) is 1. The van der Waals surface area contributed by atoms with Crippen LogP contribution in [-0.2, 0) is 45.8 Å². The van der Waals surface area contributed by atoms with E-state index in [0.29, 0.717) is 73.8 Å². The Morgan fingerprint density at radius 2 is 1.79 bits per heavy atom. The minimum absolute atomic E-state index is 0.122. The Bertz CT molecular complexity index is 2350. The molecular formula is C46H57F2N5O8. The van der Waals surface area contributed by atoms with Crippen LogP contribution < -0.4 is 15.4 Å². The van der Waals surface area contributed by atoms with E-state index in [1.165, 1.54) is 28.3 Å². The molecule has 1 saturated carbocycles. The number of carbonyl (C=O) groups is 3. The lowest BCUT2D eigenvalue weighted by Crippen LogP contribution is -2.81. The van der Waals surface area contributed by atoms with Crippen LogP contribution in [0.15, 0.2) is 42.5 Å². The number of hydrogen-bond acceptors (Lipinski definition) is 12. The first-order valence-corrected chi connectivity index (χ1v) is 21.4. The number of halogens is 2. The maximum atomic E-state index is 15.4. The van der Waals surface area contributed by atoms with Crippen molar-refractivity contribution in [1.82, 2.24) is 14.8 Å². The molecule has 15 heteroatoms. The van der Waals surface area contributed by atoms with E-state index in [1.54, 1.807) is 6.07 Å². The number of hydrogen-bond donors (Lipinski definition) is 3. The summed E-state index contributed by atoms with van der Waals surface area (Å²) in [6, 6.07) is 8.07. The summed E-state index contributed by atoms with van der Waals surface area (Å²) in [5.74, 6) is -6.04. The molecule has 1 aromatic heterocycles. The molecule has 1 spiro atoms. The third kappa shape index (κ3) is 5.54. The molecule has 6 aliphatic rings. The molecule has 0 radical (unpaired) electrons. The number of methoxy groups -OCH3 is 3. The summed E-state index contributed by atoms with van der Waals surface area (Å²) in [5, 5.41) is 14.2. The first-order valence-electron chi connectivity index (χ1n) is 21.4. The first-order chi connectivity index (χ1) is 29.0. The summed E-state index contributed by atoms with van der Waals surface area (Å²) in [5.41, 5.74) is 5.07. The third-order valence-electron chi connectivity index (χ3n) is 15.7. The Labute approximate surface area is 354 Å². The van der Waals surface area contributed by atoms with Crippen molar-refractivity contribution in [3.05, 3.63) is 64.9 Å². The molecule has 1 aliphatic carbocycles. The van der Waals surface area contributed by atoms with E-state index in [2.05, 4.69) is 14.8 Å². The standard InChI is InChI=1S/C46H57F2N5O8/c1-8-43-13-9-15-53-17-14-44(37(43)53)31-20-32(35(58-5)21-34(31)51(4)38(44)46(57,41(56)60-7)39(43)61-25(2)54)45(40(55)59-6)22-26-18-27(42(3,47)48)24-52(23-26)16-12-29-30-19-28(49)10-11-33(30)50-36(29)45/h9-11,13,19-21,26-27,37-39,50,57H,8,12,14-18,22-24,49H2,1-7H3/t26-,27+,37-,38+,39+,43+,44+,45-,46-/m0/s1. The van der Waals surface area contributed by atoms with E-state index < -0.39 is 63.7 Å². The zero-order valence-electron chi connectivity index (χ0n) is 36.0. The monoisotopic (exact) mass is 845 g/mol. The van der Waals surface area contributed by atoms with Gasteiger partial charge in [-0.1, -0.05) is 19.1 Å². The zero-order valence-corrected chi connectivity index (χ0v) is 36.0. The van der Waals surface area contributed by atoms with Crippen LogP contribution in [0.5, 0.6) is 5.75 Å². The van der Waals surface area contributed by atoms with Gasteiger partial charge >= 0.3 is 17.9 Å². The van der Waals surface area contributed by atoms with Crippen molar-refractivity contribution < 1.29 is 47.2 Å². The molecule has 2 bridgehead atoms. The van der Waals surface area contributed by atoms with Gasteiger partial charge in [0, 0.05) is 103 Å². The highest BCUT2D eigenvalue weighted by atomic mass is 19.3. The molecule has 61 heavy (non-hydrogen) atoms. The number of piperidine rings is 1. The summed E-state index contributed by atoms with van der Waals surface area (Å²) in [7, 11) is 5.91. The number of esters is 3. The quantitative estimate of drug-likeness (QED) is 0.131. The number of aromatic amines is 1. The van der Waals surface area contributed by atoms with Crippen LogP contribution in [0, 0.1) is 17.3 Å². The number of nitrogens with zero attached hydrogens (tertiary/aromatic N) is 3.